The SMILES string of the molecule is CSc1ccc(CN(C)C(=O)c2ccc3ccccc3n2)cc1. The fourth-order valence-corrected chi connectivity index (χ4v) is 2.87. The molecule has 1 aromatic heterocycles. The van der Waals surface area contributed by atoms with Gasteiger partial charge in [0.1, 0.15) is 5.69 Å². The first-order valence-electron chi connectivity index (χ1n) is 7.41. The first-order valence-corrected chi connectivity index (χ1v) is 8.64. The Morgan fingerprint density at radius 3 is 2.52 bits per heavy atom. The van der Waals surface area contributed by atoms with Gasteiger partial charge in [-0.05, 0) is 36.1 Å². The molecular weight excluding hydrogens is 304 g/mol. The van der Waals surface area contributed by atoms with Gasteiger partial charge in [0.25, 0.3) is 5.91 Å². The van der Waals surface area contributed by atoms with Gasteiger partial charge in [0.2, 0.25) is 0 Å². The van der Waals surface area contributed by atoms with E-state index in [0.29, 0.717) is 12.2 Å². The smallest absolute Gasteiger partial charge is 0.272 e. The minimum atomic E-state index is -0.0651. The molecule has 0 radical (unpaired) electrons. The van der Waals surface area contributed by atoms with Crippen molar-refractivity contribution in [2.45, 2.75) is 11.4 Å². The van der Waals surface area contributed by atoms with Gasteiger partial charge in [-0.2, -0.15) is 0 Å². The second-order valence-corrected chi connectivity index (χ2v) is 6.28. The van der Waals surface area contributed by atoms with Gasteiger partial charge in [-0.15, -0.1) is 11.8 Å². The van der Waals surface area contributed by atoms with Crippen molar-refractivity contribution in [3.8, 4) is 0 Å². The predicted molar refractivity (Wildman–Crippen MR) is 95.8 cm³/mol. The summed E-state index contributed by atoms with van der Waals surface area (Å²) in [7, 11) is 1.81. The highest BCUT2D eigenvalue weighted by Gasteiger charge is 2.14. The number of pyridine rings is 1. The lowest BCUT2D eigenvalue weighted by atomic mass is 10.2. The van der Waals surface area contributed by atoms with Gasteiger partial charge in [0.15, 0.2) is 0 Å². The maximum absolute atomic E-state index is 12.6. The van der Waals surface area contributed by atoms with E-state index < -0.39 is 0 Å². The summed E-state index contributed by atoms with van der Waals surface area (Å²) in [6, 6.07) is 19.8. The van der Waals surface area contributed by atoms with Gasteiger partial charge in [0, 0.05) is 23.9 Å². The molecule has 0 aliphatic rings. The Kier molecular flexibility index (Phi) is 4.63. The number of benzene rings is 2. The van der Waals surface area contributed by atoms with E-state index in [1.807, 2.05) is 37.4 Å². The topological polar surface area (TPSA) is 33.2 Å². The van der Waals surface area contributed by atoms with Gasteiger partial charge < -0.3 is 4.90 Å². The van der Waals surface area contributed by atoms with E-state index in [9.17, 15) is 4.79 Å². The molecule has 1 heterocycles. The largest absolute Gasteiger partial charge is 0.336 e. The molecule has 2 aromatic carbocycles. The summed E-state index contributed by atoms with van der Waals surface area (Å²) < 4.78 is 0. The van der Waals surface area contributed by atoms with E-state index in [4.69, 9.17) is 0 Å². The number of para-hydroxylation sites is 1. The molecule has 0 unspecified atom stereocenters. The van der Waals surface area contributed by atoms with Crippen LogP contribution in [0.15, 0.2) is 65.6 Å². The van der Waals surface area contributed by atoms with Crippen LogP contribution in [0.5, 0.6) is 0 Å². The maximum Gasteiger partial charge on any atom is 0.272 e. The molecule has 3 aromatic rings. The fourth-order valence-electron chi connectivity index (χ4n) is 2.46. The molecule has 3 nitrogen and oxygen atoms in total. The molecule has 3 rings (SSSR count). The summed E-state index contributed by atoms with van der Waals surface area (Å²) in [4.78, 5) is 20.0. The molecule has 0 fully saturated rings. The zero-order valence-electron chi connectivity index (χ0n) is 13.2. The first-order chi connectivity index (χ1) is 11.2. The van der Waals surface area contributed by atoms with Crippen LogP contribution in [-0.4, -0.2) is 29.1 Å². The van der Waals surface area contributed by atoms with Crippen LogP contribution in [-0.2, 0) is 6.54 Å². The van der Waals surface area contributed by atoms with Crippen molar-refractivity contribution in [3.05, 3.63) is 71.9 Å². The van der Waals surface area contributed by atoms with E-state index in [0.717, 1.165) is 16.5 Å². The number of hydrogen-bond acceptors (Lipinski definition) is 3. The van der Waals surface area contributed by atoms with Crippen molar-refractivity contribution < 1.29 is 4.79 Å². The van der Waals surface area contributed by atoms with Crippen molar-refractivity contribution in [3.63, 3.8) is 0 Å². The molecule has 0 saturated carbocycles. The molecule has 0 N–H and O–H groups in total. The summed E-state index contributed by atoms with van der Waals surface area (Å²) >= 11 is 1.71. The number of carbonyl (C=O) groups excluding carboxylic acids is 1. The Balaban J connectivity index is 1.77. The number of hydrogen-bond donors (Lipinski definition) is 0. The predicted octanol–water partition coefficient (Wildman–Crippen LogP) is 4.23. The van der Waals surface area contributed by atoms with Crippen LogP contribution in [0.4, 0.5) is 0 Å². The number of rotatable bonds is 4. The summed E-state index contributed by atoms with van der Waals surface area (Å²) in [6.07, 6.45) is 2.05. The summed E-state index contributed by atoms with van der Waals surface area (Å²) in [6.45, 7) is 0.571. The Morgan fingerprint density at radius 2 is 1.78 bits per heavy atom. The highest BCUT2D eigenvalue weighted by Crippen LogP contribution is 2.17. The van der Waals surface area contributed by atoms with E-state index in [-0.39, 0.29) is 5.91 Å². The summed E-state index contributed by atoms with van der Waals surface area (Å²) in [5.41, 5.74) is 2.43. The van der Waals surface area contributed by atoms with Crippen LogP contribution < -0.4 is 0 Å². The minimum Gasteiger partial charge on any atom is -0.336 e. The second-order valence-electron chi connectivity index (χ2n) is 5.40. The summed E-state index contributed by atoms with van der Waals surface area (Å²) in [5, 5.41) is 1.04. The van der Waals surface area contributed by atoms with Gasteiger partial charge in [0.05, 0.1) is 5.52 Å². The molecule has 4 heteroatoms. The number of carbonyl (C=O) groups is 1. The molecule has 0 aliphatic heterocycles. The van der Waals surface area contributed by atoms with Crippen LogP contribution in [0.3, 0.4) is 0 Å². The Hall–Kier alpha value is -2.33. The van der Waals surface area contributed by atoms with Crippen LogP contribution in [0, 0.1) is 0 Å². The van der Waals surface area contributed by atoms with Gasteiger partial charge >= 0.3 is 0 Å². The number of thioether (sulfide) groups is 1. The molecule has 0 atom stereocenters. The standard InChI is InChI=1S/C19H18N2OS/c1-21(13-14-7-10-16(23-2)11-8-14)19(22)18-12-9-15-5-3-4-6-17(15)20-18/h3-12H,13H2,1-2H3. The normalized spacial score (nSPS) is 10.7. The third kappa shape index (κ3) is 3.54. The average Bonchev–Trinajstić information content (AvgIpc) is 2.61. The zero-order valence-corrected chi connectivity index (χ0v) is 14.0. The fraction of sp³-hybridized carbons (Fsp3) is 0.158. The van der Waals surface area contributed by atoms with E-state index in [2.05, 4.69) is 35.5 Å². The monoisotopic (exact) mass is 322 g/mol. The van der Waals surface area contributed by atoms with E-state index in [1.165, 1.54) is 4.90 Å². The lowest BCUT2D eigenvalue weighted by Gasteiger charge is -2.17. The number of fused-ring (bicyclic) bond motifs is 1. The maximum atomic E-state index is 12.6. The number of amides is 1. The Labute approximate surface area is 140 Å². The molecular formula is C19H18N2OS. The average molecular weight is 322 g/mol. The van der Waals surface area contributed by atoms with Crippen molar-refractivity contribution in [1.29, 1.82) is 0 Å². The molecule has 23 heavy (non-hydrogen) atoms. The molecule has 0 saturated heterocycles. The van der Waals surface area contributed by atoms with E-state index >= 15 is 0 Å². The third-order valence-corrected chi connectivity index (χ3v) is 4.49. The Morgan fingerprint density at radius 1 is 1.04 bits per heavy atom. The zero-order chi connectivity index (χ0) is 16.2. The van der Waals surface area contributed by atoms with Crippen LogP contribution >= 0.6 is 11.8 Å². The highest BCUT2D eigenvalue weighted by molar-refractivity contribution is 7.98. The van der Waals surface area contributed by atoms with Crippen LogP contribution in [0.25, 0.3) is 10.9 Å². The quantitative estimate of drug-likeness (QED) is 0.674. The Bertz CT molecular complexity index is 830. The highest BCUT2D eigenvalue weighted by atomic mass is 32.2. The van der Waals surface area contributed by atoms with Crippen molar-refractivity contribution in [1.82, 2.24) is 9.88 Å². The molecule has 0 aliphatic carbocycles. The lowest BCUT2D eigenvalue weighted by Crippen LogP contribution is -2.27. The van der Waals surface area contributed by atoms with Crippen molar-refractivity contribution in [2.24, 2.45) is 0 Å². The first kappa shape index (κ1) is 15.6. The van der Waals surface area contributed by atoms with Gasteiger partial charge in [-0.3, -0.25) is 4.79 Å². The van der Waals surface area contributed by atoms with Crippen molar-refractivity contribution >= 4 is 28.6 Å². The molecule has 116 valence electrons. The van der Waals surface area contributed by atoms with Gasteiger partial charge in [-0.1, -0.05) is 36.4 Å². The van der Waals surface area contributed by atoms with Crippen LogP contribution in [0.2, 0.25) is 0 Å². The van der Waals surface area contributed by atoms with Gasteiger partial charge in [-0.25, -0.2) is 4.98 Å². The molecule has 0 bridgehead atoms. The number of nitrogens with zero attached hydrogens (tertiary/aromatic N) is 2. The van der Waals surface area contributed by atoms with E-state index in [1.54, 1.807) is 22.7 Å². The number of aromatic nitrogens is 1. The third-order valence-electron chi connectivity index (χ3n) is 3.74. The second kappa shape index (κ2) is 6.84. The molecule has 0 spiro atoms. The minimum absolute atomic E-state index is 0.0651. The lowest BCUT2D eigenvalue weighted by molar-refractivity contribution is 0.0779. The molecule has 1 amide bonds. The van der Waals surface area contributed by atoms with Crippen LogP contribution in [0.1, 0.15) is 16.1 Å². The summed E-state index contributed by atoms with van der Waals surface area (Å²) in [5.74, 6) is -0.0651. The van der Waals surface area contributed by atoms with Crippen molar-refractivity contribution in [2.75, 3.05) is 13.3 Å².